The molecule has 0 N–H and O–H groups in total. The van der Waals surface area contributed by atoms with Gasteiger partial charge in [0.1, 0.15) is 17.6 Å². The molecule has 0 spiro atoms. The average Bonchev–Trinajstić information content (AvgIpc) is 2.70. The SMILES string of the molecule is C#CC(C)C(CCC)C(=O)OC(C#N)c1cccc(Oc2ccccc2)c1. The maximum Gasteiger partial charge on any atom is 0.311 e. The minimum atomic E-state index is -1.01. The van der Waals surface area contributed by atoms with Crippen LogP contribution in [0.4, 0.5) is 0 Å². The molecule has 0 aliphatic carbocycles. The first-order chi connectivity index (χ1) is 13.1. The molecule has 0 fully saturated rings. The van der Waals surface area contributed by atoms with Gasteiger partial charge in [0.05, 0.1) is 5.92 Å². The number of rotatable bonds is 8. The second kappa shape index (κ2) is 10.0. The lowest BCUT2D eigenvalue weighted by Gasteiger charge is -2.20. The van der Waals surface area contributed by atoms with Crippen LogP contribution < -0.4 is 4.74 Å². The Hall–Kier alpha value is -3.24. The highest BCUT2D eigenvalue weighted by atomic mass is 16.5. The van der Waals surface area contributed by atoms with Crippen LogP contribution in [0.15, 0.2) is 54.6 Å². The molecule has 0 heterocycles. The van der Waals surface area contributed by atoms with E-state index in [-0.39, 0.29) is 5.92 Å². The minimum Gasteiger partial charge on any atom is -0.457 e. The van der Waals surface area contributed by atoms with Gasteiger partial charge in [0.2, 0.25) is 6.10 Å². The van der Waals surface area contributed by atoms with Gasteiger partial charge in [-0.05, 0) is 30.7 Å². The smallest absolute Gasteiger partial charge is 0.311 e. The lowest BCUT2D eigenvalue weighted by Crippen LogP contribution is -2.25. The van der Waals surface area contributed by atoms with Crippen LogP contribution in [-0.2, 0) is 9.53 Å². The normalized spacial score (nSPS) is 13.5. The van der Waals surface area contributed by atoms with Gasteiger partial charge in [-0.15, -0.1) is 12.3 Å². The quantitative estimate of drug-likeness (QED) is 0.474. The van der Waals surface area contributed by atoms with Crippen LogP contribution >= 0.6 is 0 Å². The summed E-state index contributed by atoms with van der Waals surface area (Å²) in [5.41, 5.74) is 0.558. The number of para-hydroxylation sites is 1. The van der Waals surface area contributed by atoms with E-state index in [9.17, 15) is 10.1 Å². The second-order valence-electron chi connectivity index (χ2n) is 6.28. The average molecular weight is 361 g/mol. The Labute approximate surface area is 160 Å². The van der Waals surface area contributed by atoms with Crippen molar-refractivity contribution in [3.05, 3.63) is 60.2 Å². The van der Waals surface area contributed by atoms with Gasteiger partial charge in [-0.1, -0.05) is 50.6 Å². The van der Waals surface area contributed by atoms with Crippen molar-refractivity contribution in [2.45, 2.75) is 32.8 Å². The van der Waals surface area contributed by atoms with Crippen LogP contribution in [0.3, 0.4) is 0 Å². The molecule has 3 unspecified atom stereocenters. The molecule has 0 saturated heterocycles. The summed E-state index contributed by atoms with van der Waals surface area (Å²) in [4.78, 5) is 12.6. The van der Waals surface area contributed by atoms with Gasteiger partial charge < -0.3 is 9.47 Å². The topological polar surface area (TPSA) is 59.3 Å². The van der Waals surface area contributed by atoms with E-state index in [4.69, 9.17) is 15.9 Å². The summed E-state index contributed by atoms with van der Waals surface area (Å²) in [5.74, 6) is 2.74. The highest BCUT2D eigenvalue weighted by Gasteiger charge is 2.27. The molecule has 2 aromatic carbocycles. The number of benzene rings is 2. The first-order valence-electron chi connectivity index (χ1n) is 8.98. The van der Waals surface area contributed by atoms with Crippen molar-refractivity contribution in [1.29, 1.82) is 5.26 Å². The molecule has 4 heteroatoms. The van der Waals surface area contributed by atoms with Crippen LogP contribution in [0.25, 0.3) is 0 Å². The Balaban J connectivity index is 2.15. The molecule has 0 bridgehead atoms. The van der Waals surface area contributed by atoms with Crippen molar-refractivity contribution in [2.24, 2.45) is 11.8 Å². The first kappa shape index (κ1) is 20.1. The van der Waals surface area contributed by atoms with Crippen molar-refractivity contribution >= 4 is 5.97 Å². The number of terminal acetylenes is 1. The maximum absolute atomic E-state index is 12.6. The predicted octanol–water partition coefficient (Wildman–Crippen LogP) is 5.27. The van der Waals surface area contributed by atoms with E-state index in [0.717, 1.165) is 6.42 Å². The second-order valence-corrected chi connectivity index (χ2v) is 6.28. The van der Waals surface area contributed by atoms with Crippen LogP contribution in [0.1, 0.15) is 38.4 Å². The summed E-state index contributed by atoms with van der Waals surface area (Å²) in [6.45, 7) is 3.80. The third-order valence-corrected chi connectivity index (χ3v) is 4.26. The van der Waals surface area contributed by atoms with Crippen LogP contribution in [0, 0.1) is 35.5 Å². The number of nitriles is 1. The molecule has 138 valence electrons. The minimum absolute atomic E-state index is 0.246. The van der Waals surface area contributed by atoms with Crippen molar-refractivity contribution in [1.82, 2.24) is 0 Å². The number of ether oxygens (including phenoxy) is 2. The fourth-order valence-electron chi connectivity index (χ4n) is 2.74. The van der Waals surface area contributed by atoms with Gasteiger partial charge in [0, 0.05) is 11.5 Å². The Kier molecular flexibility index (Phi) is 7.47. The van der Waals surface area contributed by atoms with Crippen molar-refractivity contribution in [3.63, 3.8) is 0 Å². The molecule has 0 radical (unpaired) electrons. The number of nitrogens with zero attached hydrogens (tertiary/aromatic N) is 1. The Morgan fingerprint density at radius 3 is 2.48 bits per heavy atom. The summed E-state index contributed by atoms with van der Waals surface area (Å²) in [7, 11) is 0. The number of hydrogen-bond donors (Lipinski definition) is 0. The maximum atomic E-state index is 12.6. The lowest BCUT2D eigenvalue weighted by atomic mass is 9.90. The molecule has 0 aliphatic rings. The molecule has 4 nitrogen and oxygen atoms in total. The van der Waals surface area contributed by atoms with Crippen LogP contribution in [0.5, 0.6) is 11.5 Å². The van der Waals surface area contributed by atoms with Crippen molar-refractivity contribution < 1.29 is 14.3 Å². The zero-order chi connectivity index (χ0) is 19.6. The zero-order valence-corrected chi connectivity index (χ0v) is 15.6. The van der Waals surface area contributed by atoms with E-state index in [0.29, 0.717) is 23.5 Å². The van der Waals surface area contributed by atoms with Crippen LogP contribution in [-0.4, -0.2) is 5.97 Å². The Bertz CT molecular complexity index is 833. The highest BCUT2D eigenvalue weighted by Crippen LogP contribution is 2.28. The first-order valence-corrected chi connectivity index (χ1v) is 8.98. The molecule has 2 rings (SSSR count). The fraction of sp³-hybridized carbons (Fsp3) is 0.304. The zero-order valence-electron chi connectivity index (χ0n) is 15.6. The van der Waals surface area contributed by atoms with E-state index in [2.05, 4.69) is 5.92 Å². The summed E-state index contributed by atoms with van der Waals surface area (Å²) in [6.07, 6.45) is 5.89. The number of carbonyl (C=O) groups excluding carboxylic acids is 1. The number of esters is 1. The molecule has 0 saturated carbocycles. The largest absolute Gasteiger partial charge is 0.457 e. The number of carbonyl (C=O) groups is 1. The van der Waals surface area contributed by atoms with E-state index >= 15 is 0 Å². The van der Waals surface area contributed by atoms with E-state index in [1.165, 1.54) is 0 Å². The molecular weight excluding hydrogens is 338 g/mol. The Morgan fingerprint density at radius 1 is 1.15 bits per heavy atom. The third kappa shape index (κ3) is 5.62. The van der Waals surface area contributed by atoms with Gasteiger partial charge in [0.25, 0.3) is 0 Å². The van der Waals surface area contributed by atoms with Gasteiger partial charge >= 0.3 is 5.97 Å². The van der Waals surface area contributed by atoms with Crippen molar-refractivity contribution in [2.75, 3.05) is 0 Å². The van der Waals surface area contributed by atoms with E-state index in [1.54, 1.807) is 24.3 Å². The summed E-state index contributed by atoms with van der Waals surface area (Å²) in [6, 6.07) is 18.4. The van der Waals surface area contributed by atoms with Gasteiger partial charge in [-0.25, -0.2) is 0 Å². The molecular formula is C23H23NO3. The van der Waals surface area contributed by atoms with E-state index in [1.807, 2.05) is 50.2 Å². The third-order valence-electron chi connectivity index (χ3n) is 4.26. The van der Waals surface area contributed by atoms with Gasteiger partial charge in [0.15, 0.2) is 0 Å². The summed E-state index contributed by atoms with van der Waals surface area (Å²) >= 11 is 0. The highest BCUT2D eigenvalue weighted by molar-refractivity contribution is 5.73. The summed E-state index contributed by atoms with van der Waals surface area (Å²) in [5, 5.41) is 9.51. The lowest BCUT2D eigenvalue weighted by molar-refractivity contribution is -0.153. The molecule has 0 aliphatic heterocycles. The van der Waals surface area contributed by atoms with Gasteiger partial charge in [-0.3, -0.25) is 4.79 Å². The van der Waals surface area contributed by atoms with Crippen molar-refractivity contribution in [3.8, 4) is 29.9 Å². The molecule has 3 atom stereocenters. The molecule has 0 aromatic heterocycles. The van der Waals surface area contributed by atoms with Crippen LogP contribution in [0.2, 0.25) is 0 Å². The molecule has 0 amide bonds. The number of hydrogen-bond acceptors (Lipinski definition) is 4. The molecule has 27 heavy (non-hydrogen) atoms. The summed E-state index contributed by atoms with van der Waals surface area (Å²) < 4.78 is 11.3. The standard InChI is InChI=1S/C23H23NO3/c1-4-10-21(17(3)5-2)23(25)27-22(16-24)18-11-9-14-20(15-18)26-19-12-7-6-8-13-19/h2,6-9,11-15,17,21-22H,4,10H2,1,3H3. The monoisotopic (exact) mass is 361 g/mol. The van der Waals surface area contributed by atoms with Gasteiger partial charge in [-0.2, -0.15) is 5.26 Å². The Morgan fingerprint density at radius 2 is 1.85 bits per heavy atom. The predicted molar refractivity (Wildman–Crippen MR) is 104 cm³/mol. The molecule has 2 aromatic rings. The van der Waals surface area contributed by atoms with E-state index < -0.39 is 18.0 Å². The fourth-order valence-corrected chi connectivity index (χ4v) is 2.74.